The standard InChI is InChI=1S/C11H17N5O2/c12-10(17)8-15-2-1-3-16(5-4-15)11(18)9-6-13-14-7-9/h6-7H,1-5,8H2,(H2,12,17)(H,13,14). The highest BCUT2D eigenvalue weighted by molar-refractivity contribution is 5.93. The summed E-state index contributed by atoms with van der Waals surface area (Å²) in [6.45, 7) is 3.02. The monoisotopic (exact) mass is 251 g/mol. The molecule has 0 unspecified atom stereocenters. The zero-order chi connectivity index (χ0) is 13.0. The fraction of sp³-hybridized carbons (Fsp3) is 0.545. The highest BCUT2D eigenvalue weighted by atomic mass is 16.2. The lowest BCUT2D eigenvalue weighted by molar-refractivity contribution is -0.119. The fourth-order valence-corrected chi connectivity index (χ4v) is 2.10. The van der Waals surface area contributed by atoms with Crippen LogP contribution in [0.3, 0.4) is 0 Å². The molecule has 3 N–H and O–H groups in total. The van der Waals surface area contributed by atoms with E-state index in [1.807, 2.05) is 4.90 Å². The normalized spacial score (nSPS) is 17.4. The van der Waals surface area contributed by atoms with Crippen LogP contribution in [0, 0.1) is 0 Å². The molecule has 18 heavy (non-hydrogen) atoms. The molecule has 0 radical (unpaired) electrons. The van der Waals surface area contributed by atoms with Crippen LogP contribution >= 0.6 is 0 Å². The summed E-state index contributed by atoms with van der Waals surface area (Å²) >= 11 is 0. The number of carbonyl (C=O) groups excluding carboxylic acids is 2. The van der Waals surface area contributed by atoms with E-state index in [0.717, 1.165) is 13.0 Å². The van der Waals surface area contributed by atoms with Crippen LogP contribution in [0.25, 0.3) is 0 Å². The first kappa shape index (κ1) is 12.6. The van der Waals surface area contributed by atoms with E-state index in [-0.39, 0.29) is 18.4 Å². The number of H-pyrrole nitrogens is 1. The summed E-state index contributed by atoms with van der Waals surface area (Å²) in [4.78, 5) is 26.7. The second-order valence-electron chi connectivity index (χ2n) is 4.38. The van der Waals surface area contributed by atoms with Crippen LogP contribution in [0.4, 0.5) is 0 Å². The van der Waals surface area contributed by atoms with E-state index in [0.29, 0.717) is 25.2 Å². The molecule has 98 valence electrons. The minimum absolute atomic E-state index is 0.0234. The Balaban J connectivity index is 1.93. The Morgan fingerprint density at radius 3 is 2.83 bits per heavy atom. The number of rotatable bonds is 3. The summed E-state index contributed by atoms with van der Waals surface area (Å²) in [5.74, 6) is -0.353. The van der Waals surface area contributed by atoms with Crippen molar-refractivity contribution >= 4 is 11.8 Å². The van der Waals surface area contributed by atoms with Crippen LogP contribution in [0.2, 0.25) is 0 Å². The molecule has 1 fully saturated rings. The van der Waals surface area contributed by atoms with Crippen LogP contribution in [-0.2, 0) is 4.79 Å². The summed E-state index contributed by atoms with van der Waals surface area (Å²) in [6.07, 6.45) is 3.96. The molecule has 0 aliphatic carbocycles. The Labute approximate surface area is 105 Å². The summed E-state index contributed by atoms with van der Waals surface area (Å²) < 4.78 is 0. The topological polar surface area (TPSA) is 95.3 Å². The molecule has 1 aliphatic rings. The lowest BCUT2D eigenvalue weighted by Crippen LogP contribution is -2.38. The lowest BCUT2D eigenvalue weighted by atomic mass is 10.3. The summed E-state index contributed by atoms with van der Waals surface area (Å²) in [5.41, 5.74) is 5.74. The molecular weight excluding hydrogens is 234 g/mol. The Kier molecular flexibility index (Phi) is 3.93. The molecule has 0 bridgehead atoms. The molecule has 1 saturated heterocycles. The van der Waals surface area contributed by atoms with Crippen molar-refractivity contribution in [3.63, 3.8) is 0 Å². The smallest absolute Gasteiger partial charge is 0.257 e. The molecule has 2 heterocycles. The van der Waals surface area contributed by atoms with E-state index < -0.39 is 0 Å². The maximum absolute atomic E-state index is 12.1. The molecule has 1 aliphatic heterocycles. The van der Waals surface area contributed by atoms with Crippen molar-refractivity contribution in [1.29, 1.82) is 0 Å². The third kappa shape index (κ3) is 3.07. The van der Waals surface area contributed by atoms with E-state index in [9.17, 15) is 9.59 Å². The van der Waals surface area contributed by atoms with Gasteiger partial charge in [0.25, 0.3) is 5.91 Å². The van der Waals surface area contributed by atoms with Gasteiger partial charge >= 0.3 is 0 Å². The number of amides is 2. The Bertz CT molecular complexity index is 417. The van der Waals surface area contributed by atoms with Crippen LogP contribution < -0.4 is 5.73 Å². The molecule has 1 aromatic rings. The molecule has 7 nitrogen and oxygen atoms in total. The summed E-state index contributed by atoms with van der Waals surface area (Å²) in [5, 5.41) is 6.40. The minimum atomic E-state index is -0.329. The Morgan fingerprint density at radius 2 is 2.17 bits per heavy atom. The van der Waals surface area contributed by atoms with Crippen LogP contribution in [-0.4, -0.2) is 64.5 Å². The molecule has 0 saturated carbocycles. The van der Waals surface area contributed by atoms with Crippen LogP contribution in [0.15, 0.2) is 12.4 Å². The number of aromatic amines is 1. The van der Waals surface area contributed by atoms with Crippen molar-refractivity contribution in [1.82, 2.24) is 20.0 Å². The average molecular weight is 251 g/mol. The predicted octanol–water partition coefficient (Wildman–Crippen LogP) is -0.957. The van der Waals surface area contributed by atoms with Gasteiger partial charge in [0.2, 0.25) is 5.91 Å². The Hall–Kier alpha value is -1.89. The van der Waals surface area contributed by atoms with Crippen LogP contribution in [0.1, 0.15) is 16.8 Å². The van der Waals surface area contributed by atoms with Crippen molar-refractivity contribution in [3.05, 3.63) is 18.0 Å². The number of nitrogens with one attached hydrogen (secondary N) is 1. The number of nitrogens with two attached hydrogens (primary N) is 1. The highest BCUT2D eigenvalue weighted by Crippen LogP contribution is 2.07. The first-order chi connectivity index (χ1) is 8.66. The lowest BCUT2D eigenvalue weighted by Gasteiger charge is -2.20. The first-order valence-corrected chi connectivity index (χ1v) is 5.95. The van der Waals surface area contributed by atoms with E-state index in [4.69, 9.17) is 5.73 Å². The molecule has 0 atom stereocenters. The van der Waals surface area contributed by atoms with Gasteiger partial charge in [0, 0.05) is 32.4 Å². The molecule has 1 aromatic heterocycles. The van der Waals surface area contributed by atoms with E-state index in [2.05, 4.69) is 10.2 Å². The molecule has 0 spiro atoms. The number of nitrogens with zero attached hydrogens (tertiary/aromatic N) is 3. The first-order valence-electron chi connectivity index (χ1n) is 5.95. The molecule has 2 rings (SSSR count). The van der Waals surface area contributed by atoms with Gasteiger partial charge in [0.1, 0.15) is 0 Å². The van der Waals surface area contributed by atoms with Gasteiger partial charge in [-0.3, -0.25) is 19.6 Å². The number of hydrogen-bond donors (Lipinski definition) is 2. The third-order valence-corrected chi connectivity index (χ3v) is 3.00. The number of aromatic nitrogens is 2. The molecule has 7 heteroatoms. The average Bonchev–Trinajstić information content (AvgIpc) is 2.76. The summed E-state index contributed by atoms with van der Waals surface area (Å²) in [6, 6.07) is 0. The van der Waals surface area contributed by atoms with Gasteiger partial charge in [-0.1, -0.05) is 0 Å². The highest BCUT2D eigenvalue weighted by Gasteiger charge is 2.21. The van der Waals surface area contributed by atoms with Gasteiger partial charge in [-0.25, -0.2) is 0 Å². The zero-order valence-electron chi connectivity index (χ0n) is 10.1. The van der Waals surface area contributed by atoms with Crippen molar-refractivity contribution in [2.24, 2.45) is 5.73 Å². The minimum Gasteiger partial charge on any atom is -0.369 e. The number of hydrogen-bond acceptors (Lipinski definition) is 4. The second-order valence-corrected chi connectivity index (χ2v) is 4.38. The van der Waals surface area contributed by atoms with Crippen molar-refractivity contribution < 1.29 is 9.59 Å². The van der Waals surface area contributed by atoms with Gasteiger partial charge in [0.15, 0.2) is 0 Å². The predicted molar refractivity (Wildman–Crippen MR) is 64.7 cm³/mol. The second kappa shape index (κ2) is 5.63. The SMILES string of the molecule is NC(=O)CN1CCCN(C(=O)c2cn[nH]c2)CC1. The number of primary amides is 1. The molecule has 2 amide bonds. The van der Waals surface area contributed by atoms with E-state index >= 15 is 0 Å². The maximum atomic E-state index is 12.1. The van der Waals surface area contributed by atoms with Gasteiger partial charge in [-0.15, -0.1) is 0 Å². The van der Waals surface area contributed by atoms with Gasteiger partial charge in [-0.2, -0.15) is 5.10 Å². The largest absolute Gasteiger partial charge is 0.369 e. The third-order valence-electron chi connectivity index (χ3n) is 3.00. The fourth-order valence-electron chi connectivity index (χ4n) is 2.10. The van der Waals surface area contributed by atoms with Gasteiger partial charge < -0.3 is 10.6 Å². The Morgan fingerprint density at radius 1 is 1.33 bits per heavy atom. The van der Waals surface area contributed by atoms with Crippen LogP contribution in [0.5, 0.6) is 0 Å². The van der Waals surface area contributed by atoms with Crippen molar-refractivity contribution in [3.8, 4) is 0 Å². The van der Waals surface area contributed by atoms with E-state index in [1.54, 1.807) is 11.1 Å². The van der Waals surface area contributed by atoms with Gasteiger partial charge in [0.05, 0.1) is 18.3 Å². The zero-order valence-corrected chi connectivity index (χ0v) is 10.1. The van der Waals surface area contributed by atoms with E-state index in [1.165, 1.54) is 6.20 Å². The summed E-state index contributed by atoms with van der Waals surface area (Å²) in [7, 11) is 0. The molecular formula is C11H17N5O2. The van der Waals surface area contributed by atoms with Crippen molar-refractivity contribution in [2.75, 3.05) is 32.7 Å². The quantitative estimate of drug-likeness (QED) is 0.723. The van der Waals surface area contributed by atoms with Crippen molar-refractivity contribution in [2.45, 2.75) is 6.42 Å². The maximum Gasteiger partial charge on any atom is 0.257 e. The van der Waals surface area contributed by atoms with Gasteiger partial charge in [-0.05, 0) is 6.42 Å². The molecule has 0 aromatic carbocycles. The number of carbonyl (C=O) groups is 2.